The zero-order chi connectivity index (χ0) is 21.4. The number of likely N-dealkylation sites (tertiary alicyclic amines) is 1. The van der Waals surface area contributed by atoms with E-state index in [0.717, 1.165) is 64.5 Å². The molecule has 0 aromatic carbocycles. The summed E-state index contributed by atoms with van der Waals surface area (Å²) >= 11 is 0. The van der Waals surface area contributed by atoms with Crippen molar-refractivity contribution in [1.82, 2.24) is 15.1 Å². The second-order valence-electron chi connectivity index (χ2n) is 9.37. The van der Waals surface area contributed by atoms with Crippen molar-refractivity contribution < 1.29 is 9.53 Å². The van der Waals surface area contributed by atoms with E-state index in [1.165, 1.54) is 32.1 Å². The van der Waals surface area contributed by atoms with Crippen molar-refractivity contribution >= 4 is 18.0 Å². The minimum atomic E-state index is -0.342. The lowest BCUT2D eigenvalue weighted by molar-refractivity contribution is -0.124. The highest BCUT2D eigenvalue weighted by Gasteiger charge is 2.36. The summed E-state index contributed by atoms with van der Waals surface area (Å²) < 4.78 is 5.48. The van der Waals surface area contributed by atoms with Gasteiger partial charge in [-0.15, -0.1) is 0 Å². The fourth-order valence-electron chi connectivity index (χ4n) is 5.03. The first-order valence-electron chi connectivity index (χ1n) is 11.8. The van der Waals surface area contributed by atoms with Crippen molar-refractivity contribution in [2.45, 2.75) is 69.9 Å². The molecule has 0 bridgehead atoms. The molecule has 7 nitrogen and oxygen atoms in total. The molecular formula is C23H41N5O2. The number of hydrogen-bond acceptors (Lipinski definition) is 5. The summed E-state index contributed by atoms with van der Waals surface area (Å²) in [6.07, 6.45) is 10.9. The summed E-state index contributed by atoms with van der Waals surface area (Å²) in [5, 5.41) is 3.39. The van der Waals surface area contributed by atoms with Gasteiger partial charge in [-0.3, -0.25) is 14.8 Å². The fraction of sp³-hybridized carbons (Fsp3) is 0.870. The molecule has 30 heavy (non-hydrogen) atoms. The average Bonchev–Trinajstić information content (AvgIpc) is 2.77. The van der Waals surface area contributed by atoms with Gasteiger partial charge in [0, 0.05) is 39.4 Å². The van der Waals surface area contributed by atoms with Crippen LogP contribution < -0.4 is 5.32 Å². The number of amides is 1. The summed E-state index contributed by atoms with van der Waals surface area (Å²) in [6.45, 7) is 7.15. The lowest BCUT2D eigenvalue weighted by Gasteiger charge is -2.39. The standard InChI is InChI=1S/C23H41N5O2/c1-19(28-13-15-30-16-14-28)25-21(17-20-7-5-4-6-8-20)22(29)26-23(18-24-2)9-11-27(3)12-10-23/h18,20-21H,4-17H2,1-3H3,(H,26,29)/t21-/m0/s1. The SMILES string of the molecule is CN=CC1(NC(=O)[C@H](CC2CCCCC2)N=C(C)N2CCOCC2)CCN(C)CC1. The maximum Gasteiger partial charge on any atom is 0.245 e. The maximum atomic E-state index is 13.5. The van der Waals surface area contributed by atoms with Crippen LogP contribution in [0.3, 0.4) is 0 Å². The minimum absolute atomic E-state index is 0.0673. The van der Waals surface area contributed by atoms with Crippen LogP contribution in [-0.4, -0.2) is 92.8 Å². The molecule has 1 saturated carbocycles. The third kappa shape index (κ3) is 6.51. The zero-order valence-corrected chi connectivity index (χ0v) is 19.2. The van der Waals surface area contributed by atoms with Gasteiger partial charge in [0.25, 0.3) is 0 Å². The first kappa shape index (κ1) is 23.2. The van der Waals surface area contributed by atoms with Crippen LogP contribution in [0.15, 0.2) is 9.98 Å². The van der Waals surface area contributed by atoms with Gasteiger partial charge in [0.2, 0.25) is 5.91 Å². The molecule has 2 saturated heterocycles. The molecule has 1 atom stereocenters. The van der Waals surface area contributed by atoms with E-state index >= 15 is 0 Å². The van der Waals surface area contributed by atoms with Gasteiger partial charge in [0.15, 0.2) is 0 Å². The molecule has 1 N–H and O–H groups in total. The fourth-order valence-corrected chi connectivity index (χ4v) is 5.03. The average molecular weight is 420 g/mol. The number of ether oxygens (including phenoxy) is 1. The molecule has 0 aromatic heterocycles. The molecule has 170 valence electrons. The zero-order valence-electron chi connectivity index (χ0n) is 19.2. The number of morpholine rings is 1. The number of nitrogens with one attached hydrogen (secondary N) is 1. The van der Waals surface area contributed by atoms with E-state index in [1.807, 2.05) is 13.1 Å². The minimum Gasteiger partial charge on any atom is -0.378 e. The highest BCUT2D eigenvalue weighted by Crippen LogP contribution is 2.29. The monoisotopic (exact) mass is 419 g/mol. The molecule has 0 unspecified atom stereocenters. The number of carbonyl (C=O) groups excluding carboxylic acids is 1. The number of rotatable bonds is 6. The Morgan fingerprint density at radius 2 is 1.83 bits per heavy atom. The Balaban J connectivity index is 1.74. The van der Waals surface area contributed by atoms with Crippen LogP contribution in [0.4, 0.5) is 0 Å². The Hall–Kier alpha value is -1.47. The molecule has 2 aliphatic heterocycles. The van der Waals surface area contributed by atoms with Crippen LogP contribution >= 0.6 is 0 Å². The van der Waals surface area contributed by atoms with Gasteiger partial charge in [-0.05, 0) is 39.2 Å². The summed E-state index contributed by atoms with van der Waals surface area (Å²) in [4.78, 5) is 27.4. The van der Waals surface area contributed by atoms with Crippen molar-refractivity contribution in [3.8, 4) is 0 Å². The van der Waals surface area contributed by atoms with E-state index in [9.17, 15) is 4.79 Å². The number of hydrogen-bond donors (Lipinski definition) is 1. The first-order chi connectivity index (χ1) is 14.5. The molecule has 1 amide bonds. The van der Waals surface area contributed by atoms with Crippen LogP contribution in [-0.2, 0) is 9.53 Å². The van der Waals surface area contributed by atoms with Crippen molar-refractivity contribution in [2.24, 2.45) is 15.9 Å². The number of nitrogens with zero attached hydrogens (tertiary/aromatic N) is 4. The van der Waals surface area contributed by atoms with E-state index in [0.29, 0.717) is 5.92 Å². The van der Waals surface area contributed by atoms with Crippen LogP contribution in [0.5, 0.6) is 0 Å². The van der Waals surface area contributed by atoms with Gasteiger partial charge in [-0.25, -0.2) is 0 Å². The van der Waals surface area contributed by atoms with E-state index in [4.69, 9.17) is 9.73 Å². The Bertz CT molecular complexity index is 601. The lowest BCUT2D eigenvalue weighted by Crippen LogP contribution is -2.58. The smallest absolute Gasteiger partial charge is 0.245 e. The van der Waals surface area contributed by atoms with Gasteiger partial charge in [-0.2, -0.15) is 0 Å². The predicted octanol–water partition coefficient (Wildman–Crippen LogP) is 2.36. The van der Waals surface area contributed by atoms with E-state index in [1.54, 1.807) is 7.05 Å². The van der Waals surface area contributed by atoms with Gasteiger partial charge in [-0.1, -0.05) is 32.1 Å². The van der Waals surface area contributed by atoms with E-state index < -0.39 is 0 Å². The normalized spacial score (nSPS) is 25.4. The first-order valence-corrected chi connectivity index (χ1v) is 11.8. The van der Waals surface area contributed by atoms with Crippen LogP contribution in [0.25, 0.3) is 0 Å². The molecule has 0 aromatic rings. The van der Waals surface area contributed by atoms with E-state index in [-0.39, 0.29) is 17.5 Å². The van der Waals surface area contributed by atoms with Gasteiger partial charge >= 0.3 is 0 Å². The molecule has 3 rings (SSSR count). The third-order valence-corrected chi connectivity index (χ3v) is 7.02. The Morgan fingerprint density at radius 3 is 2.47 bits per heavy atom. The quantitative estimate of drug-likeness (QED) is 0.530. The molecule has 0 spiro atoms. The van der Waals surface area contributed by atoms with Gasteiger partial charge < -0.3 is 19.9 Å². The Morgan fingerprint density at radius 1 is 1.17 bits per heavy atom. The number of carbonyl (C=O) groups is 1. The van der Waals surface area contributed by atoms with Crippen molar-refractivity contribution in [3.05, 3.63) is 0 Å². The summed E-state index contributed by atoms with van der Waals surface area (Å²) in [7, 11) is 3.93. The lowest BCUT2D eigenvalue weighted by atomic mass is 9.84. The van der Waals surface area contributed by atoms with Crippen LogP contribution in [0, 0.1) is 5.92 Å². The highest BCUT2D eigenvalue weighted by molar-refractivity contribution is 5.90. The maximum absolute atomic E-state index is 13.5. The summed E-state index contributed by atoms with van der Waals surface area (Å²) in [5.41, 5.74) is -0.342. The third-order valence-electron chi connectivity index (χ3n) is 7.02. The Kier molecular flexibility index (Phi) is 8.69. The molecule has 3 fully saturated rings. The second kappa shape index (κ2) is 11.2. The summed E-state index contributed by atoms with van der Waals surface area (Å²) in [5.74, 6) is 1.64. The number of aliphatic imine (C=N–C) groups is 2. The Labute approximate surface area is 182 Å². The molecule has 0 radical (unpaired) electrons. The molecule has 2 heterocycles. The number of piperidine rings is 1. The van der Waals surface area contributed by atoms with Crippen LogP contribution in [0.2, 0.25) is 0 Å². The molecular weight excluding hydrogens is 378 g/mol. The van der Waals surface area contributed by atoms with Crippen LogP contribution in [0.1, 0.15) is 58.3 Å². The molecule has 7 heteroatoms. The predicted molar refractivity (Wildman–Crippen MR) is 123 cm³/mol. The van der Waals surface area contributed by atoms with Crippen molar-refractivity contribution in [2.75, 3.05) is 53.5 Å². The second-order valence-corrected chi connectivity index (χ2v) is 9.37. The largest absolute Gasteiger partial charge is 0.378 e. The topological polar surface area (TPSA) is 69.5 Å². The molecule has 3 aliphatic rings. The van der Waals surface area contributed by atoms with Gasteiger partial charge in [0.1, 0.15) is 6.04 Å². The van der Waals surface area contributed by atoms with Gasteiger partial charge in [0.05, 0.1) is 24.6 Å². The van der Waals surface area contributed by atoms with Crippen molar-refractivity contribution in [3.63, 3.8) is 0 Å². The highest BCUT2D eigenvalue weighted by atomic mass is 16.5. The summed E-state index contributed by atoms with van der Waals surface area (Å²) in [6, 6.07) is -0.322. The molecule has 1 aliphatic carbocycles. The number of amidine groups is 1. The van der Waals surface area contributed by atoms with Crippen molar-refractivity contribution in [1.29, 1.82) is 0 Å². The van der Waals surface area contributed by atoms with E-state index in [2.05, 4.69) is 27.2 Å².